The van der Waals surface area contributed by atoms with Crippen molar-refractivity contribution in [3.05, 3.63) is 11.9 Å². The lowest BCUT2D eigenvalue weighted by Crippen LogP contribution is -2.70. The maximum Gasteiger partial charge on any atom is 0.192 e. The Kier molecular flexibility index (Phi) is 14.3. The van der Waals surface area contributed by atoms with Crippen LogP contribution in [0.4, 0.5) is 0 Å². The van der Waals surface area contributed by atoms with Crippen LogP contribution in [0.5, 0.6) is 0 Å². The molecule has 4 atom stereocenters. The van der Waals surface area contributed by atoms with Crippen molar-refractivity contribution in [2.45, 2.75) is 193 Å². The second-order valence-electron chi connectivity index (χ2n) is 20.7. The molecular formula is C36H79N5O4Si4. The van der Waals surface area contributed by atoms with E-state index < -0.39 is 33.3 Å². The van der Waals surface area contributed by atoms with Gasteiger partial charge in [-0.2, -0.15) is 0 Å². The summed E-state index contributed by atoms with van der Waals surface area (Å²) < 4.78 is 31.7. The van der Waals surface area contributed by atoms with Crippen molar-refractivity contribution in [2.75, 3.05) is 26.2 Å². The van der Waals surface area contributed by atoms with Crippen LogP contribution < -0.4 is 5.73 Å². The number of nitrogens with two attached hydrogens (primary N) is 1. The molecule has 0 unspecified atom stereocenters. The van der Waals surface area contributed by atoms with Crippen LogP contribution in [-0.4, -0.2) is 104 Å². The highest BCUT2D eigenvalue weighted by atomic mass is 28.4. The first-order valence-electron chi connectivity index (χ1n) is 18.8. The lowest BCUT2D eigenvalue weighted by atomic mass is 9.94. The predicted octanol–water partition coefficient (Wildman–Crippen LogP) is 8.66. The van der Waals surface area contributed by atoms with Crippen molar-refractivity contribution in [3.8, 4) is 0 Å². The van der Waals surface area contributed by atoms with Crippen molar-refractivity contribution in [2.24, 2.45) is 5.73 Å². The zero-order valence-electron chi connectivity index (χ0n) is 35.6. The van der Waals surface area contributed by atoms with Gasteiger partial charge in [0.1, 0.15) is 0 Å². The van der Waals surface area contributed by atoms with Crippen LogP contribution in [0, 0.1) is 0 Å². The van der Waals surface area contributed by atoms with Crippen LogP contribution in [0.25, 0.3) is 0 Å². The van der Waals surface area contributed by atoms with Crippen molar-refractivity contribution in [1.29, 1.82) is 0 Å². The summed E-state index contributed by atoms with van der Waals surface area (Å²) in [4.78, 5) is 2.59. The Morgan fingerprint density at radius 2 is 1.12 bits per heavy atom. The third kappa shape index (κ3) is 11.4. The Labute approximate surface area is 306 Å². The molecule has 2 heterocycles. The van der Waals surface area contributed by atoms with Crippen LogP contribution in [0.3, 0.4) is 0 Å². The largest absolute Gasteiger partial charge is 0.415 e. The van der Waals surface area contributed by atoms with E-state index in [0.29, 0.717) is 19.7 Å². The third-order valence-corrected chi connectivity index (χ3v) is 30.7. The Morgan fingerprint density at radius 3 is 1.57 bits per heavy atom. The molecule has 13 heteroatoms. The highest BCUT2D eigenvalue weighted by Crippen LogP contribution is 2.46. The van der Waals surface area contributed by atoms with E-state index in [9.17, 15) is 0 Å². The first kappa shape index (κ1) is 44.9. The van der Waals surface area contributed by atoms with Gasteiger partial charge in [-0.15, -0.1) is 5.10 Å². The molecule has 0 aromatic carbocycles. The first-order valence-corrected chi connectivity index (χ1v) is 30.4. The van der Waals surface area contributed by atoms with E-state index in [4.69, 9.17) is 23.4 Å². The van der Waals surface area contributed by atoms with Crippen LogP contribution in [0.2, 0.25) is 72.5 Å². The van der Waals surface area contributed by atoms with Crippen LogP contribution in [-0.2, 0) is 30.7 Å². The maximum absolute atomic E-state index is 7.65. The molecule has 0 amide bonds. The molecule has 1 aromatic heterocycles. The number of nitrogens with zero attached hydrogens (tertiary/aromatic N) is 4. The van der Waals surface area contributed by atoms with Crippen LogP contribution >= 0.6 is 0 Å². The van der Waals surface area contributed by atoms with Gasteiger partial charge in [-0.3, -0.25) is 9.58 Å². The topological polar surface area (TPSA) is 96.9 Å². The fourth-order valence-corrected chi connectivity index (χ4v) is 10.00. The summed E-state index contributed by atoms with van der Waals surface area (Å²) in [5, 5.41) is 9.06. The van der Waals surface area contributed by atoms with Crippen LogP contribution in [0.1, 0.15) is 88.8 Å². The fraction of sp³-hybridized carbons (Fsp3) is 0.944. The molecule has 0 spiro atoms. The van der Waals surface area contributed by atoms with Gasteiger partial charge in [-0.25, -0.2) is 0 Å². The maximum atomic E-state index is 7.65. The van der Waals surface area contributed by atoms with Gasteiger partial charge in [0.25, 0.3) is 0 Å². The molecule has 0 saturated carbocycles. The van der Waals surface area contributed by atoms with Gasteiger partial charge in [0.2, 0.25) is 0 Å². The predicted molar refractivity (Wildman–Crippen MR) is 218 cm³/mol. The Hall–Kier alpha value is -0.232. The van der Waals surface area contributed by atoms with Crippen molar-refractivity contribution < 1.29 is 17.7 Å². The number of piperidine rings is 1. The Bertz CT molecular complexity index is 1200. The average molecular weight is 758 g/mol. The smallest absolute Gasteiger partial charge is 0.192 e. The average Bonchev–Trinajstić information content (AvgIpc) is 3.33. The molecule has 1 saturated heterocycles. The van der Waals surface area contributed by atoms with Gasteiger partial charge in [0, 0.05) is 32.3 Å². The minimum atomic E-state index is -2.27. The summed E-state index contributed by atoms with van der Waals surface area (Å²) >= 11 is 0. The summed E-state index contributed by atoms with van der Waals surface area (Å²) in [5.74, 6) is 0. The molecule has 1 fully saturated rings. The number of rotatable bonds is 14. The molecule has 0 aliphatic carbocycles. The molecule has 1 aliphatic rings. The monoisotopic (exact) mass is 758 g/mol. The van der Waals surface area contributed by atoms with Gasteiger partial charge < -0.3 is 23.4 Å². The first-order chi connectivity index (χ1) is 21.8. The van der Waals surface area contributed by atoms with Crippen LogP contribution in [0.15, 0.2) is 6.20 Å². The SMILES string of the molecule is CC(C)(C)[Si](C)(C)OC[C@@H]1[C@@H](O[Si](C)(C)C(C)(C)C)[C@H](O[Si](C)(C)C(C)(C)C)[C@@H](O[Si](C)(C)C(C)(C)C)CN1CCc1cn(CCN)nn1. The minimum absolute atomic E-state index is 0.00336. The number of hydrogen-bond donors (Lipinski definition) is 1. The molecular weight excluding hydrogens is 679 g/mol. The van der Waals surface area contributed by atoms with Crippen molar-refractivity contribution in [3.63, 3.8) is 0 Å². The van der Waals surface area contributed by atoms with Crippen molar-refractivity contribution >= 4 is 33.3 Å². The fourth-order valence-electron chi connectivity index (χ4n) is 5.01. The third-order valence-electron chi connectivity index (χ3n) is 12.7. The minimum Gasteiger partial charge on any atom is -0.415 e. The Balaban J connectivity index is 2.80. The van der Waals surface area contributed by atoms with E-state index in [1.165, 1.54) is 0 Å². The molecule has 288 valence electrons. The lowest BCUT2D eigenvalue weighted by molar-refractivity contribution is -0.128. The number of likely N-dealkylation sites (tertiary alicyclic amines) is 1. The highest BCUT2D eigenvalue weighted by Gasteiger charge is 2.55. The molecule has 2 rings (SSSR count). The van der Waals surface area contributed by atoms with Gasteiger partial charge in [0.15, 0.2) is 33.3 Å². The molecule has 0 radical (unpaired) electrons. The van der Waals surface area contributed by atoms with E-state index in [-0.39, 0.29) is 44.5 Å². The molecule has 2 N–H and O–H groups in total. The molecule has 49 heavy (non-hydrogen) atoms. The van der Waals surface area contributed by atoms with E-state index in [1.54, 1.807) is 0 Å². The zero-order chi connectivity index (χ0) is 38.2. The number of hydrogen-bond acceptors (Lipinski definition) is 8. The number of aromatic nitrogens is 3. The summed E-state index contributed by atoms with van der Waals surface area (Å²) in [6, 6.07) is -0.00336. The van der Waals surface area contributed by atoms with E-state index in [2.05, 4.69) is 151 Å². The molecule has 1 aromatic rings. The van der Waals surface area contributed by atoms with Gasteiger partial charge >= 0.3 is 0 Å². The van der Waals surface area contributed by atoms with Gasteiger partial charge in [-0.1, -0.05) is 88.3 Å². The van der Waals surface area contributed by atoms with Gasteiger partial charge in [-0.05, 0) is 72.5 Å². The quantitative estimate of drug-likeness (QED) is 0.189. The molecule has 1 aliphatic heterocycles. The summed E-state index contributed by atoms with van der Waals surface area (Å²) in [7, 11) is -8.80. The Morgan fingerprint density at radius 1 is 0.673 bits per heavy atom. The molecule has 0 bridgehead atoms. The van der Waals surface area contributed by atoms with E-state index in [1.807, 2.05) is 10.9 Å². The lowest BCUT2D eigenvalue weighted by Gasteiger charge is -2.56. The standard InChI is InChI=1S/C36H79N5O4Si4/c1-33(2,3)46(13,14)42-27-29-31(44-48(17,18)35(7,8)9)32(45-49(19,20)36(10,11)12)30(43-47(15,16)34(4,5)6)26-40(29)23-21-28-25-41(24-22-37)39-38-28/h25,29-32H,21-24,26-27,37H2,1-20H3/t29-,30+,31-,32-/m1/s1. The zero-order valence-corrected chi connectivity index (χ0v) is 39.6. The normalized spacial score (nSPS) is 23.0. The van der Waals surface area contributed by atoms with E-state index >= 15 is 0 Å². The summed E-state index contributed by atoms with van der Waals surface area (Å²) in [6.45, 7) is 50.2. The summed E-state index contributed by atoms with van der Waals surface area (Å²) in [6.07, 6.45) is 2.25. The second kappa shape index (κ2) is 15.6. The summed E-state index contributed by atoms with van der Waals surface area (Å²) in [5.41, 5.74) is 6.79. The van der Waals surface area contributed by atoms with Gasteiger partial charge in [0.05, 0.1) is 43.2 Å². The second-order valence-corrected chi connectivity index (χ2v) is 39.8. The van der Waals surface area contributed by atoms with E-state index in [0.717, 1.165) is 25.2 Å². The highest BCUT2D eigenvalue weighted by molar-refractivity contribution is 6.75. The molecule has 9 nitrogen and oxygen atoms in total. The van der Waals surface area contributed by atoms with Crippen molar-refractivity contribution in [1.82, 2.24) is 19.9 Å².